The van der Waals surface area contributed by atoms with Gasteiger partial charge in [0, 0.05) is 55.3 Å². The Morgan fingerprint density at radius 2 is 1.70 bits per heavy atom. The number of rotatable bonds is 5. The average Bonchev–Trinajstić information content (AvgIpc) is 3.41. The molecule has 0 bridgehead atoms. The first-order valence-corrected chi connectivity index (χ1v) is 9.94. The van der Waals surface area contributed by atoms with E-state index in [1.54, 1.807) is 17.9 Å². The summed E-state index contributed by atoms with van der Waals surface area (Å²) in [5, 5.41) is 7.84. The summed E-state index contributed by atoms with van der Waals surface area (Å²) in [6.45, 7) is 10.1. The Balaban J connectivity index is 1.39. The molecule has 0 radical (unpaired) electrons. The van der Waals surface area contributed by atoms with Gasteiger partial charge in [0.2, 0.25) is 5.76 Å². The molecule has 1 aliphatic rings. The first kappa shape index (κ1) is 20.1. The Hall–Kier alpha value is -3.20. The Bertz CT molecular complexity index is 1090. The first-order chi connectivity index (χ1) is 14.3. The third-order valence-electron chi connectivity index (χ3n) is 5.44. The molecule has 1 fully saturated rings. The van der Waals surface area contributed by atoms with Crippen LogP contribution in [0.15, 0.2) is 27.2 Å². The molecule has 0 saturated carbocycles. The molecule has 158 valence electrons. The highest BCUT2D eigenvalue weighted by atomic mass is 16.5. The van der Waals surface area contributed by atoms with Gasteiger partial charge >= 0.3 is 0 Å². The molecule has 0 aromatic carbocycles. The van der Waals surface area contributed by atoms with Crippen LogP contribution >= 0.6 is 0 Å². The van der Waals surface area contributed by atoms with Crippen LogP contribution in [0.25, 0.3) is 5.82 Å². The van der Waals surface area contributed by atoms with E-state index >= 15 is 0 Å². The van der Waals surface area contributed by atoms with E-state index in [0.717, 1.165) is 17.1 Å². The number of amides is 1. The molecule has 4 heterocycles. The van der Waals surface area contributed by atoms with Gasteiger partial charge in [-0.15, -0.1) is 0 Å². The number of hydrogen-bond acceptors (Lipinski definition) is 7. The molecular formula is C21H25N5O4. The molecule has 3 aromatic heterocycles. The summed E-state index contributed by atoms with van der Waals surface area (Å²) in [6.07, 6.45) is 0. The van der Waals surface area contributed by atoms with Crippen molar-refractivity contribution >= 4 is 11.7 Å². The standard InChI is InChI=1S/C21H25N5O4/c1-13-9-19(30-22-13)21(28)25-7-5-24(6-8-25)12-18(27)17-10-14(2)26(16(17)4)20-11-15(3)29-23-20/h9-11H,5-8,12H2,1-4H3. The van der Waals surface area contributed by atoms with Crippen molar-refractivity contribution in [2.75, 3.05) is 32.7 Å². The minimum absolute atomic E-state index is 0.0557. The van der Waals surface area contributed by atoms with Crippen LogP contribution in [0, 0.1) is 27.7 Å². The monoisotopic (exact) mass is 411 g/mol. The number of Topliss-reactive ketones (excluding diaryl/α,β-unsaturated/α-hetero) is 1. The van der Waals surface area contributed by atoms with Crippen LogP contribution in [-0.2, 0) is 0 Å². The largest absolute Gasteiger partial charge is 0.360 e. The maximum Gasteiger partial charge on any atom is 0.292 e. The van der Waals surface area contributed by atoms with Gasteiger partial charge in [-0.1, -0.05) is 10.3 Å². The van der Waals surface area contributed by atoms with Crippen molar-refractivity contribution in [3.63, 3.8) is 0 Å². The molecule has 0 unspecified atom stereocenters. The van der Waals surface area contributed by atoms with Gasteiger partial charge in [0.25, 0.3) is 5.91 Å². The minimum Gasteiger partial charge on any atom is -0.360 e. The van der Waals surface area contributed by atoms with Crippen molar-refractivity contribution in [3.8, 4) is 5.82 Å². The van der Waals surface area contributed by atoms with Crippen molar-refractivity contribution in [2.24, 2.45) is 0 Å². The lowest BCUT2D eigenvalue weighted by molar-refractivity contribution is 0.0587. The summed E-state index contributed by atoms with van der Waals surface area (Å²) in [4.78, 5) is 29.3. The summed E-state index contributed by atoms with van der Waals surface area (Å²) in [6, 6.07) is 5.39. The van der Waals surface area contributed by atoms with Crippen molar-refractivity contribution in [1.29, 1.82) is 0 Å². The SMILES string of the molecule is Cc1cc(C(=O)N2CCN(CC(=O)c3cc(C)n(-c4cc(C)on4)c3C)CC2)on1. The van der Waals surface area contributed by atoms with Gasteiger partial charge in [-0.25, -0.2) is 0 Å². The summed E-state index contributed by atoms with van der Waals surface area (Å²) >= 11 is 0. The van der Waals surface area contributed by atoms with Gasteiger partial charge in [0.05, 0.1) is 12.2 Å². The van der Waals surface area contributed by atoms with Crippen LogP contribution in [0.5, 0.6) is 0 Å². The summed E-state index contributed by atoms with van der Waals surface area (Å²) in [7, 11) is 0. The molecule has 9 nitrogen and oxygen atoms in total. The Morgan fingerprint density at radius 3 is 2.30 bits per heavy atom. The average molecular weight is 411 g/mol. The zero-order valence-corrected chi connectivity index (χ0v) is 17.6. The van der Waals surface area contributed by atoms with Crippen molar-refractivity contribution < 1.29 is 18.6 Å². The maximum atomic E-state index is 13.0. The van der Waals surface area contributed by atoms with Crippen molar-refractivity contribution in [1.82, 2.24) is 24.7 Å². The summed E-state index contributed by atoms with van der Waals surface area (Å²) < 4.78 is 12.2. The molecule has 4 rings (SSSR count). The lowest BCUT2D eigenvalue weighted by atomic mass is 10.1. The maximum absolute atomic E-state index is 13.0. The molecule has 30 heavy (non-hydrogen) atoms. The molecular weight excluding hydrogens is 386 g/mol. The number of carbonyl (C=O) groups is 2. The Labute approximate surface area is 174 Å². The molecule has 0 aliphatic carbocycles. The Morgan fingerprint density at radius 1 is 0.967 bits per heavy atom. The topological polar surface area (TPSA) is 97.6 Å². The van der Waals surface area contributed by atoms with E-state index in [1.807, 2.05) is 37.5 Å². The van der Waals surface area contributed by atoms with Gasteiger partial charge < -0.3 is 13.9 Å². The van der Waals surface area contributed by atoms with E-state index < -0.39 is 0 Å². The third kappa shape index (κ3) is 3.80. The first-order valence-electron chi connectivity index (χ1n) is 9.94. The quantitative estimate of drug-likeness (QED) is 0.594. The predicted molar refractivity (Wildman–Crippen MR) is 108 cm³/mol. The van der Waals surface area contributed by atoms with Gasteiger partial charge in [0.1, 0.15) is 5.76 Å². The van der Waals surface area contributed by atoms with E-state index in [9.17, 15) is 9.59 Å². The lowest BCUT2D eigenvalue weighted by Crippen LogP contribution is -2.49. The molecule has 0 spiro atoms. The van der Waals surface area contributed by atoms with Crippen molar-refractivity contribution in [2.45, 2.75) is 27.7 Å². The fourth-order valence-electron chi connectivity index (χ4n) is 3.87. The zero-order chi connectivity index (χ0) is 21.4. The molecule has 1 aliphatic heterocycles. The lowest BCUT2D eigenvalue weighted by Gasteiger charge is -2.33. The van der Waals surface area contributed by atoms with Gasteiger partial charge in [-0.2, -0.15) is 0 Å². The highest BCUT2D eigenvalue weighted by Crippen LogP contribution is 2.21. The molecule has 1 amide bonds. The van der Waals surface area contributed by atoms with E-state index in [-0.39, 0.29) is 17.5 Å². The van der Waals surface area contributed by atoms with Crippen molar-refractivity contribution in [3.05, 3.63) is 52.4 Å². The summed E-state index contributed by atoms with van der Waals surface area (Å²) in [5.41, 5.74) is 3.15. The van der Waals surface area contributed by atoms with E-state index in [1.165, 1.54) is 0 Å². The zero-order valence-electron chi connectivity index (χ0n) is 17.6. The number of ketones is 1. The predicted octanol–water partition coefficient (Wildman–Crippen LogP) is 2.33. The van der Waals surface area contributed by atoms with Gasteiger partial charge in [-0.3, -0.25) is 19.1 Å². The van der Waals surface area contributed by atoms with Crippen LogP contribution < -0.4 is 0 Å². The second-order valence-electron chi connectivity index (χ2n) is 7.74. The summed E-state index contributed by atoms with van der Waals surface area (Å²) in [5.74, 6) is 1.55. The smallest absolute Gasteiger partial charge is 0.292 e. The van der Waals surface area contributed by atoms with Gasteiger partial charge in [0.15, 0.2) is 11.6 Å². The number of nitrogens with zero attached hydrogens (tertiary/aromatic N) is 5. The van der Waals surface area contributed by atoms with Crippen LogP contribution in [-0.4, -0.2) is 69.1 Å². The van der Waals surface area contributed by atoms with Gasteiger partial charge in [-0.05, 0) is 33.8 Å². The molecule has 0 N–H and O–H groups in total. The highest BCUT2D eigenvalue weighted by Gasteiger charge is 2.27. The fourth-order valence-corrected chi connectivity index (χ4v) is 3.87. The highest BCUT2D eigenvalue weighted by molar-refractivity contribution is 5.99. The van der Waals surface area contributed by atoms with Crippen LogP contribution in [0.4, 0.5) is 0 Å². The molecule has 0 atom stereocenters. The Kier molecular flexibility index (Phi) is 5.29. The number of aryl methyl sites for hydroxylation is 3. The van der Waals surface area contributed by atoms with Crippen LogP contribution in [0.1, 0.15) is 43.8 Å². The van der Waals surface area contributed by atoms with E-state index in [4.69, 9.17) is 9.05 Å². The fraction of sp³-hybridized carbons (Fsp3) is 0.429. The number of carbonyl (C=O) groups excluding carboxylic acids is 2. The van der Waals surface area contributed by atoms with Crippen LogP contribution in [0.3, 0.4) is 0 Å². The molecule has 1 saturated heterocycles. The van der Waals surface area contributed by atoms with E-state index in [2.05, 4.69) is 15.2 Å². The number of piperazine rings is 1. The second kappa shape index (κ2) is 7.91. The third-order valence-corrected chi connectivity index (χ3v) is 5.44. The minimum atomic E-state index is -0.159. The van der Waals surface area contributed by atoms with Crippen LogP contribution in [0.2, 0.25) is 0 Å². The number of hydrogen-bond donors (Lipinski definition) is 0. The second-order valence-corrected chi connectivity index (χ2v) is 7.74. The molecule has 3 aromatic rings. The molecule has 9 heteroatoms. The van der Waals surface area contributed by atoms with E-state index in [0.29, 0.717) is 49.8 Å². The number of aromatic nitrogens is 3. The normalized spacial score (nSPS) is 15.0.